The van der Waals surface area contributed by atoms with Crippen LogP contribution in [0.1, 0.15) is 11.1 Å². The van der Waals surface area contributed by atoms with Gasteiger partial charge in [0.1, 0.15) is 6.61 Å². The summed E-state index contributed by atoms with van der Waals surface area (Å²) in [6.07, 6.45) is 0. The Hall–Kier alpha value is -2.36. The molecule has 0 heterocycles. The Balaban J connectivity index is 1.64. The number of hydrogen-bond donors (Lipinski definition) is 1. The van der Waals surface area contributed by atoms with Crippen LogP contribution in [-0.2, 0) is 13.2 Å². The Morgan fingerprint density at radius 2 is 1.62 bits per heavy atom. The van der Waals surface area contributed by atoms with Gasteiger partial charge in [0, 0.05) is 22.3 Å². The topological polar surface area (TPSA) is 30.5 Å². The molecule has 0 atom stereocenters. The van der Waals surface area contributed by atoms with Gasteiger partial charge in [-0.2, -0.15) is 0 Å². The van der Waals surface area contributed by atoms with E-state index >= 15 is 0 Å². The van der Waals surface area contributed by atoms with Crippen LogP contribution in [0.15, 0.2) is 66.7 Å². The van der Waals surface area contributed by atoms with E-state index in [4.69, 9.17) is 32.7 Å². The highest BCUT2D eigenvalue weighted by Gasteiger charge is 2.07. The van der Waals surface area contributed by atoms with Crippen LogP contribution in [0, 0.1) is 0 Å². The molecule has 0 saturated heterocycles. The fourth-order valence-corrected chi connectivity index (χ4v) is 2.84. The lowest BCUT2D eigenvalue weighted by Crippen LogP contribution is -2.01. The first-order chi connectivity index (χ1) is 12.6. The molecule has 0 aliphatic rings. The van der Waals surface area contributed by atoms with E-state index in [1.807, 2.05) is 66.7 Å². The average Bonchev–Trinajstić information content (AvgIpc) is 2.66. The summed E-state index contributed by atoms with van der Waals surface area (Å²) in [7, 11) is 1.64. The minimum Gasteiger partial charge on any atom is -0.493 e. The zero-order chi connectivity index (χ0) is 18.4. The maximum absolute atomic E-state index is 6.01. The summed E-state index contributed by atoms with van der Waals surface area (Å²) in [5, 5.41) is 4.77. The number of ether oxygens (including phenoxy) is 2. The molecule has 0 amide bonds. The second kappa shape index (κ2) is 8.84. The SMILES string of the molecule is COc1cc(CNc2ccc(Cl)cc2)ccc1OCc1cccc(Cl)c1. The van der Waals surface area contributed by atoms with E-state index < -0.39 is 0 Å². The Kier molecular flexibility index (Phi) is 6.26. The highest BCUT2D eigenvalue weighted by Crippen LogP contribution is 2.29. The van der Waals surface area contributed by atoms with Gasteiger partial charge in [0.05, 0.1) is 7.11 Å². The first-order valence-corrected chi connectivity index (χ1v) is 8.93. The van der Waals surface area contributed by atoms with E-state index in [1.54, 1.807) is 7.11 Å². The smallest absolute Gasteiger partial charge is 0.161 e. The lowest BCUT2D eigenvalue weighted by molar-refractivity contribution is 0.284. The minimum atomic E-state index is 0.430. The number of anilines is 1. The van der Waals surface area contributed by atoms with Gasteiger partial charge in [0.15, 0.2) is 11.5 Å². The number of nitrogens with one attached hydrogen (secondary N) is 1. The van der Waals surface area contributed by atoms with Crippen LogP contribution in [0.25, 0.3) is 0 Å². The van der Waals surface area contributed by atoms with Crippen molar-refractivity contribution in [3.63, 3.8) is 0 Å². The number of halogens is 2. The molecule has 0 saturated carbocycles. The molecule has 134 valence electrons. The number of rotatable bonds is 7. The van der Waals surface area contributed by atoms with Crippen molar-refractivity contribution in [3.05, 3.63) is 87.9 Å². The molecule has 26 heavy (non-hydrogen) atoms. The lowest BCUT2D eigenvalue weighted by atomic mass is 10.2. The van der Waals surface area contributed by atoms with Crippen LogP contribution in [-0.4, -0.2) is 7.11 Å². The molecule has 0 aliphatic heterocycles. The summed E-state index contributed by atoms with van der Waals surface area (Å²) >= 11 is 11.9. The zero-order valence-electron chi connectivity index (χ0n) is 14.3. The maximum Gasteiger partial charge on any atom is 0.161 e. The summed E-state index contributed by atoms with van der Waals surface area (Å²) in [5.74, 6) is 1.39. The zero-order valence-corrected chi connectivity index (χ0v) is 15.8. The fourth-order valence-electron chi connectivity index (χ4n) is 2.50. The molecule has 0 unspecified atom stereocenters. The molecular weight excluding hydrogens is 369 g/mol. The second-order valence-electron chi connectivity index (χ2n) is 5.76. The van der Waals surface area contributed by atoms with E-state index in [0.29, 0.717) is 29.7 Å². The van der Waals surface area contributed by atoms with Crippen LogP contribution >= 0.6 is 23.2 Å². The number of hydrogen-bond acceptors (Lipinski definition) is 3. The van der Waals surface area contributed by atoms with Crippen molar-refractivity contribution in [2.24, 2.45) is 0 Å². The van der Waals surface area contributed by atoms with Crippen LogP contribution in [0.2, 0.25) is 10.0 Å². The molecule has 0 fully saturated rings. The van der Waals surface area contributed by atoms with Crippen molar-refractivity contribution in [2.75, 3.05) is 12.4 Å². The normalized spacial score (nSPS) is 10.4. The van der Waals surface area contributed by atoms with Gasteiger partial charge in [-0.15, -0.1) is 0 Å². The molecule has 3 aromatic carbocycles. The van der Waals surface area contributed by atoms with Gasteiger partial charge in [0.25, 0.3) is 0 Å². The van der Waals surface area contributed by atoms with Crippen LogP contribution in [0.5, 0.6) is 11.5 Å². The molecule has 0 spiro atoms. The first-order valence-electron chi connectivity index (χ1n) is 8.17. The summed E-state index contributed by atoms with van der Waals surface area (Å²) in [4.78, 5) is 0. The van der Waals surface area contributed by atoms with Gasteiger partial charge in [-0.25, -0.2) is 0 Å². The van der Waals surface area contributed by atoms with E-state index in [9.17, 15) is 0 Å². The van der Waals surface area contributed by atoms with Gasteiger partial charge in [-0.1, -0.05) is 41.4 Å². The van der Waals surface area contributed by atoms with Crippen molar-refractivity contribution < 1.29 is 9.47 Å². The van der Waals surface area contributed by atoms with Crippen LogP contribution in [0.3, 0.4) is 0 Å². The largest absolute Gasteiger partial charge is 0.493 e. The van der Waals surface area contributed by atoms with E-state index in [2.05, 4.69) is 5.32 Å². The van der Waals surface area contributed by atoms with Crippen molar-refractivity contribution >= 4 is 28.9 Å². The predicted molar refractivity (Wildman–Crippen MR) is 108 cm³/mol. The predicted octanol–water partition coefficient (Wildman–Crippen LogP) is 6.19. The molecule has 0 aromatic heterocycles. The molecular formula is C21H19Cl2NO2. The fraction of sp³-hybridized carbons (Fsp3) is 0.143. The second-order valence-corrected chi connectivity index (χ2v) is 6.64. The van der Waals surface area contributed by atoms with Crippen molar-refractivity contribution in [1.82, 2.24) is 0 Å². The van der Waals surface area contributed by atoms with Crippen LogP contribution in [0.4, 0.5) is 5.69 Å². The molecule has 0 aliphatic carbocycles. The van der Waals surface area contributed by atoms with Crippen molar-refractivity contribution in [1.29, 1.82) is 0 Å². The highest BCUT2D eigenvalue weighted by atomic mass is 35.5. The van der Waals surface area contributed by atoms with Crippen LogP contribution < -0.4 is 14.8 Å². The first kappa shape index (κ1) is 18.4. The summed E-state index contributed by atoms with van der Waals surface area (Å²) in [5.41, 5.74) is 3.11. The molecule has 5 heteroatoms. The third kappa shape index (κ3) is 5.07. The molecule has 3 nitrogen and oxygen atoms in total. The molecule has 1 N–H and O–H groups in total. The van der Waals surface area contributed by atoms with E-state index in [1.165, 1.54) is 0 Å². The van der Waals surface area contributed by atoms with Crippen molar-refractivity contribution in [2.45, 2.75) is 13.2 Å². The summed E-state index contributed by atoms with van der Waals surface area (Å²) in [6, 6.07) is 21.1. The Morgan fingerprint density at radius 1 is 0.808 bits per heavy atom. The van der Waals surface area contributed by atoms with Gasteiger partial charge in [0.2, 0.25) is 0 Å². The van der Waals surface area contributed by atoms with Gasteiger partial charge >= 0.3 is 0 Å². The highest BCUT2D eigenvalue weighted by molar-refractivity contribution is 6.30. The average molecular weight is 388 g/mol. The number of benzene rings is 3. The molecule has 3 aromatic rings. The minimum absolute atomic E-state index is 0.430. The third-order valence-electron chi connectivity index (χ3n) is 3.85. The number of methoxy groups -OCH3 is 1. The summed E-state index contributed by atoms with van der Waals surface area (Å²) in [6.45, 7) is 1.10. The summed E-state index contributed by atoms with van der Waals surface area (Å²) < 4.78 is 11.4. The Morgan fingerprint density at radius 3 is 2.35 bits per heavy atom. The van der Waals surface area contributed by atoms with E-state index in [0.717, 1.165) is 21.8 Å². The van der Waals surface area contributed by atoms with Gasteiger partial charge in [-0.05, 0) is 59.7 Å². The van der Waals surface area contributed by atoms with E-state index in [-0.39, 0.29) is 0 Å². The molecule has 3 rings (SSSR count). The quantitative estimate of drug-likeness (QED) is 0.523. The van der Waals surface area contributed by atoms with Gasteiger partial charge < -0.3 is 14.8 Å². The standard InChI is InChI=1S/C21H19Cl2NO2/c1-25-21-12-15(13-24-19-8-6-17(22)7-9-19)5-10-20(21)26-14-16-3-2-4-18(23)11-16/h2-12,24H,13-14H2,1H3. The molecule has 0 bridgehead atoms. The molecule has 0 radical (unpaired) electrons. The third-order valence-corrected chi connectivity index (χ3v) is 4.34. The van der Waals surface area contributed by atoms with Crippen molar-refractivity contribution in [3.8, 4) is 11.5 Å². The maximum atomic E-state index is 6.01. The lowest BCUT2D eigenvalue weighted by Gasteiger charge is -2.13. The Bertz CT molecular complexity index is 866. The Labute approximate surface area is 163 Å². The monoisotopic (exact) mass is 387 g/mol. The van der Waals surface area contributed by atoms with Gasteiger partial charge in [-0.3, -0.25) is 0 Å².